The molecular weight excluding hydrogens is 231 g/mol. The van der Waals surface area contributed by atoms with Crippen LogP contribution in [0.25, 0.3) is 11.0 Å². The number of nitrogens with two attached hydrogens (primary N) is 1. The predicted octanol–water partition coefficient (Wildman–Crippen LogP) is 3.34. The fourth-order valence-electron chi connectivity index (χ4n) is 1.75. The lowest BCUT2D eigenvalue weighted by molar-refractivity contribution is -0.137. The van der Waals surface area contributed by atoms with Crippen molar-refractivity contribution in [3.8, 4) is 0 Å². The van der Waals surface area contributed by atoms with Gasteiger partial charge in [-0.2, -0.15) is 13.2 Å². The largest absolute Gasteiger partial charge is 0.464 e. The van der Waals surface area contributed by atoms with Crippen molar-refractivity contribution in [2.24, 2.45) is 5.73 Å². The van der Waals surface area contributed by atoms with Crippen LogP contribution in [0.4, 0.5) is 13.2 Å². The van der Waals surface area contributed by atoms with E-state index in [-0.39, 0.29) is 5.58 Å². The summed E-state index contributed by atoms with van der Waals surface area (Å²) in [5.41, 5.74) is 5.87. The molecule has 1 aromatic heterocycles. The Morgan fingerprint density at radius 3 is 2.65 bits per heavy atom. The summed E-state index contributed by atoms with van der Waals surface area (Å²) in [5.74, 6) is 0. The number of hydrogen-bond acceptors (Lipinski definition) is 2. The number of aryl methyl sites for hydroxylation is 1. The Kier molecular flexibility index (Phi) is 3.11. The van der Waals surface area contributed by atoms with Gasteiger partial charge in [-0.3, -0.25) is 0 Å². The maximum absolute atomic E-state index is 12.5. The van der Waals surface area contributed by atoms with Crippen LogP contribution in [0.5, 0.6) is 0 Å². The van der Waals surface area contributed by atoms with Gasteiger partial charge in [0.1, 0.15) is 5.58 Å². The smallest absolute Gasteiger partial charge is 0.416 e. The van der Waals surface area contributed by atoms with Crippen LogP contribution in [-0.2, 0) is 12.6 Å². The zero-order valence-corrected chi connectivity index (χ0v) is 9.05. The van der Waals surface area contributed by atoms with Crippen LogP contribution in [-0.4, -0.2) is 6.54 Å². The van der Waals surface area contributed by atoms with Crippen molar-refractivity contribution in [3.05, 3.63) is 35.6 Å². The number of rotatable bonds is 3. The van der Waals surface area contributed by atoms with E-state index in [9.17, 15) is 13.2 Å². The van der Waals surface area contributed by atoms with Gasteiger partial charge >= 0.3 is 6.18 Å². The highest BCUT2D eigenvalue weighted by atomic mass is 19.4. The molecule has 2 nitrogen and oxygen atoms in total. The third-order valence-electron chi connectivity index (χ3n) is 2.63. The molecule has 0 aliphatic rings. The topological polar surface area (TPSA) is 39.2 Å². The first-order valence-electron chi connectivity index (χ1n) is 5.30. The molecule has 0 fully saturated rings. The summed E-state index contributed by atoms with van der Waals surface area (Å²) in [6.45, 7) is 0.549. The third kappa shape index (κ3) is 2.44. The Morgan fingerprint density at radius 2 is 2.00 bits per heavy atom. The number of hydrogen-bond donors (Lipinski definition) is 1. The van der Waals surface area contributed by atoms with E-state index >= 15 is 0 Å². The van der Waals surface area contributed by atoms with Gasteiger partial charge in [0.2, 0.25) is 0 Å². The number of fused-ring (bicyclic) bond motifs is 1. The molecule has 92 valence electrons. The summed E-state index contributed by atoms with van der Waals surface area (Å²) in [6, 6.07) is 3.55. The van der Waals surface area contributed by atoms with Crippen LogP contribution in [0, 0.1) is 0 Å². The van der Waals surface area contributed by atoms with E-state index in [0.29, 0.717) is 6.54 Å². The monoisotopic (exact) mass is 243 g/mol. The normalized spacial score (nSPS) is 12.2. The standard InChI is InChI=1S/C12H12F3NO/c13-12(14,15)9-3-4-10-8(2-1-5-16)7-17-11(10)6-9/h3-4,6-7H,1-2,5,16H2. The number of benzene rings is 1. The molecule has 2 N–H and O–H groups in total. The van der Waals surface area contributed by atoms with E-state index in [1.807, 2.05) is 0 Å². The maximum atomic E-state index is 12.5. The van der Waals surface area contributed by atoms with Crippen molar-refractivity contribution in [3.63, 3.8) is 0 Å². The molecule has 0 amide bonds. The molecule has 2 rings (SSSR count). The molecule has 17 heavy (non-hydrogen) atoms. The highest BCUT2D eigenvalue weighted by molar-refractivity contribution is 5.81. The van der Waals surface area contributed by atoms with E-state index in [1.165, 1.54) is 12.3 Å². The minimum Gasteiger partial charge on any atom is -0.464 e. The number of furan rings is 1. The SMILES string of the molecule is NCCCc1coc2cc(C(F)(F)F)ccc12. The van der Waals surface area contributed by atoms with Gasteiger partial charge in [0, 0.05) is 5.39 Å². The van der Waals surface area contributed by atoms with Gasteiger partial charge in [-0.1, -0.05) is 6.07 Å². The van der Waals surface area contributed by atoms with Crippen LogP contribution in [0.2, 0.25) is 0 Å². The molecule has 2 aromatic rings. The highest BCUT2D eigenvalue weighted by Crippen LogP contribution is 2.32. The van der Waals surface area contributed by atoms with Crippen LogP contribution in [0.1, 0.15) is 17.5 Å². The molecule has 1 aromatic carbocycles. The average molecular weight is 243 g/mol. The average Bonchev–Trinajstić information content (AvgIpc) is 2.67. The summed E-state index contributed by atoms with van der Waals surface area (Å²) >= 11 is 0. The zero-order chi connectivity index (χ0) is 12.5. The summed E-state index contributed by atoms with van der Waals surface area (Å²) in [6.07, 6.45) is -1.33. The van der Waals surface area contributed by atoms with Crippen LogP contribution >= 0.6 is 0 Å². The molecule has 0 saturated carbocycles. The van der Waals surface area contributed by atoms with Crippen LogP contribution in [0.3, 0.4) is 0 Å². The van der Waals surface area contributed by atoms with Crippen molar-refractivity contribution in [2.75, 3.05) is 6.54 Å². The molecule has 0 unspecified atom stereocenters. The number of halogens is 3. The summed E-state index contributed by atoms with van der Waals surface area (Å²) in [5, 5.41) is 0.728. The molecule has 1 heterocycles. The second-order valence-corrected chi connectivity index (χ2v) is 3.86. The predicted molar refractivity (Wildman–Crippen MR) is 58.6 cm³/mol. The second-order valence-electron chi connectivity index (χ2n) is 3.86. The first kappa shape index (κ1) is 12.0. The fraction of sp³-hybridized carbons (Fsp3) is 0.333. The molecule has 0 bridgehead atoms. The Hall–Kier alpha value is -1.49. The van der Waals surface area contributed by atoms with E-state index in [4.69, 9.17) is 10.2 Å². The molecule has 0 atom stereocenters. The lowest BCUT2D eigenvalue weighted by atomic mass is 10.1. The van der Waals surface area contributed by atoms with Crippen molar-refractivity contribution in [1.82, 2.24) is 0 Å². The van der Waals surface area contributed by atoms with Crippen molar-refractivity contribution < 1.29 is 17.6 Å². The summed E-state index contributed by atoms with van der Waals surface area (Å²) in [4.78, 5) is 0. The molecule has 0 radical (unpaired) electrons. The molecule has 0 aliphatic carbocycles. The first-order valence-corrected chi connectivity index (χ1v) is 5.30. The van der Waals surface area contributed by atoms with E-state index in [2.05, 4.69) is 0 Å². The lowest BCUT2D eigenvalue weighted by Crippen LogP contribution is -2.04. The van der Waals surface area contributed by atoms with E-state index < -0.39 is 11.7 Å². The quantitative estimate of drug-likeness (QED) is 0.897. The van der Waals surface area contributed by atoms with Gasteiger partial charge in [0.15, 0.2) is 0 Å². The zero-order valence-electron chi connectivity index (χ0n) is 9.05. The van der Waals surface area contributed by atoms with E-state index in [1.54, 1.807) is 0 Å². The Labute approximate surface area is 96.2 Å². The Bertz CT molecular complexity index is 516. The van der Waals surface area contributed by atoms with Gasteiger partial charge in [0.25, 0.3) is 0 Å². The molecule has 5 heteroatoms. The van der Waals surface area contributed by atoms with Gasteiger partial charge < -0.3 is 10.2 Å². The van der Waals surface area contributed by atoms with Crippen molar-refractivity contribution in [1.29, 1.82) is 0 Å². The summed E-state index contributed by atoms with van der Waals surface area (Å²) in [7, 11) is 0. The van der Waals surface area contributed by atoms with Gasteiger partial charge in [0.05, 0.1) is 11.8 Å². The van der Waals surface area contributed by atoms with E-state index in [0.717, 1.165) is 35.9 Å². The maximum Gasteiger partial charge on any atom is 0.416 e. The molecule has 0 aliphatic heterocycles. The minimum atomic E-state index is -4.33. The highest BCUT2D eigenvalue weighted by Gasteiger charge is 2.30. The van der Waals surface area contributed by atoms with Crippen LogP contribution < -0.4 is 5.73 Å². The van der Waals surface area contributed by atoms with Gasteiger partial charge in [-0.25, -0.2) is 0 Å². The van der Waals surface area contributed by atoms with Gasteiger partial charge in [-0.05, 0) is 37.1 Å². The minimum absolute atomic E-state index is 0.270. The Balaban J connectivity index is 2.38. The second kappa shape index (κ2) is 4.41. The van der Waals surface area contributed by atoms with Crippen molar-refractivity contribution >= 4 is 11.0 Å². The fourth-order valence-corrected chi connectivity index (χ4v) is 1.75. The first-order chi connectivity index (χ1) is 8.02. The lowest BCUT2D eigenvalue weighted by Gasteiger charge is -2.05. The summed E-state index contributed by atoms with van der Waals surface area (Å²) < 4.78 is 42.5. The molecule has 0 spiro atoms. The molecular formula is C12H12F3NO. The van der Waals surface area contributed by atoms with Crippen molar-refractivity contribution in [2.45, 2.75) is 19.0 Å². The Morgan fingerprint density at radius 1 is 1.24 bits per heavy atom. The van der Waals surface area contributed by atoms with Gasteiger partial charge in [-0.15, -0.1) is 0 Å². The van der Waals surface area contributed by atoms with Crippen LogP contribution in [0.15, 0.2) is 28.9 Å². The number of alkyl halides is 3. The molecule has 0 saturated heterocycles. The third-order valence-corrected chi connectivity index (χ3v) is 2.63.